The van der Waals surface area contributed by atoms with Crippen molar-refractivity contribution in [3.63, 3.8) is 0 Å². The molecule has 0 unspecified atom stereocenters. The largest absolute Gasteiger partial charge is 0.345 e. The zero-order valence-corrected chi connectivity index (χ0v) is 14.6. The molecule has 0 heterocycles. The Balaban J connectivity index is 1.85. The highest BCUT2D eigenvalue weighted by Crippen LogP contribution is 2.12. The van der Waals surface area contributed by atoms with Gasteiger partial charge in [-0.3, -0.25) is 4.79 Å². The molecule has 0 aliphatic carbocycles. The number of carbonyl (C=O) groups excluding carboxylic acids is 2. The van der Waals surface area contributed by atoms with E-state index in [1.165, 1.54) is 4.90 Å². The second-order valence-electron chi connectivity index (χ2n) is 5.70. The monoisotopic (exact) mass is 335 g/mol. The Bertz CT molecular complexity index is 815. The van der Waals surface area contributed by atoms with Crippen molar-refractivity contribution in [3.05, 3.63) is 65.2 Å². The van der Waals surface area contributed by atoms with Gasteiger partial charge in [-0.25, -0.2) is 4.79 Å². The van der Waals surface area contributed by atoms with Crippen LogP contribution in [0.15, 0.2) is 48.5 Å². The van der Waals surface area contributed by atoms with E-state index in [1.54, 1.807) is 38.4 Å². The van der Waals surface area contributed by atoms with Crippen molar-refractivity contribution in [2.75, 3.05) is 26.0 Å². The van der Waals surface area contributed by atoms with Crippen molar-refractivity contribution in [1.82, 2.24) is 10.2 Å². The number of rotatable bonds is 3. The fourth-order valence-corrected chi connectivity index (χ4v) is 2.10. The van der Waals surface area contributed by atoms with Gasteiger partial charge in [0.15, 0.2) is 0 Å². The van der Waals surface area contributed by atoms with Crippen LogP contribution in [0.25, 0.3) is 0 Å². The lowest BCUT2D eigenvalue weighted by Crippen LogP contribution is -2.29. The summed E-state index contributed by atoms with van der Waals surface area (Å²) in [4.78, 5) is 25.2. The molecule has 0 aliphatic heterocycles. The maximum atomic E-state index is 11.8. The number of benzene rings is 2. The molecule has 25 heavy (non-hydrogen) atoms. The molecule has 0 radical (unpaired) electrons. The van der Waals surface area contributed by atoms with E-state index in [0.717, 1.165) is 16.8 Å². The van der Waals surface area contributed by atoms with E-state index in [9.17, 15) is 9.59 Å². The lowest BCUT2D eigenvalue weighted by Gasteiger charge is -2.09. The standard InChI is InChI=1S/C20H21N3O2/c1-15-7-4-5-9-18(15)22-20(25)21-14-6-8-16-10-12-17(13-11-16)19(24)23(2)3/h4-5,7,9-13H,14H2,1-3H3,(H2,21,22,25). The lowest BCUT2D eigenvalue weighted by molar-refractivity contribution is 0.0827. The van der Waals surface area contributed by atoms with Crippen molar-refractivity contribution in [2.24, 2.45) is 0 Å². The predicted molar refractivity (Wildman–Crippen MR) is 99.5 cm³/mol. The van der Waals surface area contributed by atoms with Crippen LogP contribution in [0.3, 0.4) is 0 Å². The Morgan fingerprint density at radius 2 is 1.72 bits per heavy atom. The van der Waals surface area contributed by atoms with Crippen LogP contribution in [0.5, 0.6) is 0 Å². The first-order valence-electron chi connectivity index (χ1n) is 7.88. The summed E-state index contributed by atoms with van der Waals surface area (Å²) in [6.07, 6.45) is 0. The van der Waals surface area contributed by atoms with Crippen LogP contribution in [-0.2, 0) is 0 Å². The zero-order valence-electron chi connectivity index (χ0n) is 14.6. The van der Waals surface area contributed by atoms with E-state index < -0.39 is 0 Å². The summed E-state index contributed by atoms with van der Waals surface area (Å²) in [5.74, 6) is 5.79. The van der Waals surface area contributed by atoms with Crippen LogP contribution in [0.2, 0.25) is 0 Å². The SMILES string of the molecule is Cc1ccccc1NC(=O)NCC#Cc1ccc(C(=O)N(C)C)cc1. The Morgan fingerprint density at radius 3 is 2.36 bits per heavy atom. The summed E-state index contributed by atoms with van der Waals surface area (Å²) < 4.78 is 0. The second-order valence-corrected chi connectivity index (χ2v) is 5.70. The minimum absolute atomic E-state index is 0.0472. The normalized spacial score (nSPS) is 9.56. The van der Waals surface area contributed by atoms with Crippen LogP contribution in [0.1, 0.15) is 21.5 Å². The van der Waals surface area contributed by atoms with E-state index in [0.29, 0.717) is 5.56 Å². The average Bonchev–Trinajstić information content (AvgIpc) is 2.60. The van der Waals surface area contributed by atoms with Gasteiger partial charge in [0.25, 0.3) is 5.91 Å². The molecule has 0 fully saturated rings. The summed E-state index contributed by atoms with van der Waals surface area (Å²) in [5, 5.41) is 5.47. The molecule has 2 N–H and O–H groups in total. The molecule has 0 aliphatic rings. The third kappa shape index (κ3) is 5.40. The van der Waals surface area contributed by atoms with Crippen molar-refractivity contribution >= 4 is 17.6 Å². The molecule has 2 aromatic carbocycles. The van der Waals surface area contributed by atoms with Crippen molar-refractivity contribution < 1.29 is 9.59 Å². The first-order valence-corrected chi connectivity index (χ1v) is 7.88. The van der Waals surface area contributed by atoms with Gasteiger partial charge in [-0.15, -0.1) is 0 Å². The summed E-state index contributed by atoms with van der Waals surface area (Å²) in [7, 11) is 3.42. The fourth-order valence-electron chi connectivity index (χ4n) is 2.10. The smallest absolute Gasteiger partial charge is 0.320 e. The van der Waals surface area contributed by atoms with Crippen molar-refractivity contribution in [2.45, 2.75) is 6.92 Å². The Hall–Kier alpha value is -3.26. The van der Waals surface area contributed by atoms with Gasteiger partial charge in [-0.2, -0.15) is 0 Å². The number of urea groups is 1. The number of nitrogens with one attached hydrogen (secondary N) is 2. The van der Waals surface area contributed by atoms with Gasteiger partial charge < -0.3 is 15.5 Å². The predicted octanol–water partition coefficient (Wildman–Crippen LogP) is 2.87. The molecule has 5 nitrogen and oxygen atoms in total. The zero-order chi connectivity index (χ0) is 18.2. The van der Waals surface area contributed by atoms with Gasteiger partial charge in [0, 0.05) is 30.9 Å². The molecular weight excluding hydrogens is 314 g/mol. The minimum atomic E-state index is -0.296. The molecule has 0 bridgehead atoms. The van der Waals surface area contributed by atoms with Gasteiger partial charge in [0.1, 0.15) is 0 Å². The summed E-state index contributed by atoms with van der Waals surface area (Å²) in [6, 6.07) is 14.3. The van der Waals surface area contributed by atoms with E-state index in [4.69, 9.17) is 0 Å². The van der Waals surface area contributed by atoms with E-state index >= 15 is 0 Å². The van der Waals surface area contributed by atoms with Gasteiger partial charge in [-0.1, -0.05) is 30.0 Å². The van der Waals surface area contributed by atoms with Gasteiger partial charge in [-0.05, 0) is 42.8 Å². The molecule has 5 heteroatoms. The van der Waals surface area contributed by atoms with E-state index in [-0.39, 0.29) is 18.5 Å². The van der Waals surface area contributed by atoms with Crippen LogP contribution in [0, 0.1) is 18.8 Å². The molecule has 0 saturated carbocycles. The number of hydrogen-bond donors (Lipinski definition) is 2. The third-order valence-electron chi connectivity index (χ3n) is 3.50. The minimum Gasteiger partial charge on any atom is -0.345 e. The maximum Gasteiger partial charge on any atom is 0.320 e. The summed E-state index contributed by atoms with van der Waals surface area (Å²) in [6.45, 7) is 2.16. The van der Waals surface area contributed by atoms with E-state index in [2.05, 4.69) is 22.5 Å². The van der Waals surface area contributed by atoms with Crippen LogP contribution in [0.4, 0.5) is 10.5 Å². The molecule has 3 amide bonds. The highest BCUT2D eigenvalue weighted by Gasteiger charge is 2.06. The molecule has 0 atom stereocenters. The lowest BCUT2D eigenvalue weighted by atomic mass is 10.1. The van der Waals surface area contributed by atoms with E-state index in [1.807, 2.05) is 31.2 Å². The third-order valence-corrected chi connectivity index (χ3v) is 3.50. The number of amides is 3. The van der Waals surface area contributed by atoms with Crippen LogP contribution in [-0.4, -0.2) is 37.5 Å². The van der Waals surface area contributed by atoms with Crippen LogP contribution < -0.4 is 10.6 Å². The molecule has 2 aromatic rings. The Morgan fingerprint density at radius 1 is 1.04 bits per heavy atom. The Labute approximate surface area is 148 Å². The molecular formula is C20H21N3O2. The molecule has 0 spiro atoms. The Kier molecular flexibility index (Phi) is 6.19. The average molecular weight is 335 g/mol. The van der Waals surface area contributed by atoms with Crippen LogP contribution >= 0.6 is 0 Å². The number of carbonyl (C=O) groups is 2. The quantitative estimate of drug-likeness (QED) is 0.847. The highest BCUT2D eigenvalue weighted by atomic mass is 16.2. The molecule has 2 rings (SSSR count). The van der Waals surface area contributed by atoms with Crippen molar-refractivity contribution in [3.8, 4) is 11.8 Å². The number of anilines is 1. The first kappa shape index (κ1) is 18.1. The number of para-hydroxylation sites is 1. The number of hydrogen-bond acceptors (Lipinski definition) is 2. The topological polar surface area (TPSA) is 61.4 Å². The molecule has 0 saturated heterocycles. The number of aryl methyl sites for hydroxylation is 1. The fraction of sp³-hybridized carbons (Fsp3) is 0.200. The highest BCUT2D eigenvalue weighted by molar-refractivity contribution is 5.94. The molecule has 128 valence electrons. The van der Waals surface area contributed by atoms with Crippen molar-refractivity contribution in [1.29, 1.82) is 0 Å². The second kappa shape index (κ2) is 8.55. The van der Waals surface area contributed by atoms with Gasteiger partial charge in [0.2, 0.25) is 0 Å². The van der Waals surface area contributed by atoms with Gasteiger partial charge >= 0.3 is 6.03 Å². The summed E-state index contributed by atoms with van der Waals surface area (Å²) in [5.41, 5.74) is 3.17. The molecule has 0 aromatic heterocycles. The maximum absolute atomic E-state index is 11.8. The summed E-state index contributed by atoms with van der Waals surface area (Å²) >= 11 is 0. The first-order chi connectivity index (χ1) is 12.0. The van der Waals surface area contributed by atoms with Gasteiger partial charge in [0.05, 0.1) is 6.54 Å². The number of nitrogens with zero attached hydrogens (tertiary/aromatic N) is 1.